The third kappa shape index (κ3) is 9.21. The summed E-state index contributed by atoms with van der Waals surface area (Å²) < 4.78 is 4.79. The van der Waals surface area contributed by atoms with E-state index in [9.17, 15) is 4.79 Å². The Hall–Kier alpha value is -0.790. The zero-order chi connectivity index (χ0) is 9.23. The van der Waals surface area contributed by atoms with E-state index in [1.54, 1.807) is 0 Å². The minimum Gasteiger partial charge on any atom is -0.466 e. The van der Waals surface area contributed by atoms with E-state index >= 15 is 0 Å². The van der Waals surface area contributed by atoms with Crippen molar-refractivity contribution >= 4 is 5.97 Å². The second-order valence-corrected chi connectivity index (χ2v) is 2.72. The molecule has 0 radical (unpaired) electrons. The molecule has 0 unspecified atom stereocenters. The maximum absolute atomic E-state index is 10.3. The van der Waals surface area contributed by atoms with Crippen molar-refractivity contribution in [2.24, 2.45) is 0 Å². The summed E-state index contributed by atoms with van der Waals surface area (Å²) in [4.78, 5) is 10.3. The summed E-state index contributed by atoms with van der Waals surface area (Å²) in [6, 6.07) is 0. The van der Waals surface area contributed by atoms with Crippen LogP contribution >= 0.6 is 0 Å². The van der Waals surface area contributed by atoms with Crippen LogP contribution in [0.1, 0.15) is 39.5 Å². The highest BCUT2D eigenvalue weighted by Gasteiger charge is 1.90. The van der Waals surface area contributed by atoms with Crippen molar-refractivity contribution in [3.63, 3.8) is 0 Å². The second-order valence-electron chi connectivity index (χ2n) is 2.72. The third-order valence-electron chi connectivity index (χ3n) is 1.47. The molecule has 0 aromatic carbocycles. The molecule has 0 amide bonds. The highest BCUT2D eigenvalue weighted by molar-refractivity contribution is 5.65. The van der Waals surface area contributed by atoms with Crippen molar-refractivity contribution in [2.75, 3.05) is 6.61 Å². The van der Waals surface area contributed by atoms with Gasteiger partial charge in [0.15, 0.2) is 0 Å². The predicted molar refractivity (Wildman–Crippen MR) is 49.9 cm³/mol. The lowest BCUT2D eigenvalue weighted by atomic mass is 10.2. The number of hydrogen-bond acceptors (Lipinski definition) is 2. The summed E-state index contributed by atoms with van der Waals surface area (Å²) in [5.41, 5.74) is 0. The van der Waals surface area contributed by atoms with Gasteiger partial charge in [0, 0.05) is 6.92 Å². The van der Waals surface area contributed by atoms with Crippen LogP contribution in [0.15, 0.2) is 12.2 Å². The Kier molecular flexibility index (Phi) is 7.76. The summed E-state index contributed by atoms with van der Waals surface area (Å²) in [6.45, 7) is 4.13. The minimum atomic E-state index is -0.181. The fourth-order valence-corrected chi connectivity index (χ4v) is 0.865. The molecule has 0 saturated heterocycles. The predicted octanol–water partition coefficient (Wildman–Crippen LogP) is 2.69. The van der Waals surface area contributed by atoms with Gasteiger partial charge in [-0.25, -0.2) is 0 Å². The Morgan fingerprint density at radius 1 is 1.33 bits per heavy atom. The van der Waals surface area contributed by atoms with E-state index in [2.05, 4.69) is 19.1 Å². The fraction of sp³-hybridized carbons (Fsp3) is 0.700. The average molecular weight is 170 g/mol. The maximum atomic E-state index is 10.3. The first kappa shape index (κ1) is 11.2. The molecule has 0 aromatic rings. The van der Waals surface area contributed by atoms with E-state index in [4.69, 9.17) is 4.74 Å². The first-order valence-corrected chi connectivity index (χ1v) is 4.55. The standard InChI is InChI=1S/C10H18O2/c1-3-4-5-6-7-8-9-12-10(2)11/h4-5H,3,6-9H2,1-2H3. The van der Waals surface area contributed by atoms with Gasteiger partial charge in [0.25, 0.3) is 0 Å². The third-order valence-corrected chi connectivity index (χ3v) is 1.47. The Morgan fingerprint density at radius 3 is 2.67 bits per heavy atom. The van der Waals surface area contributed by atoms with Gasteiger partial charge < -0.3 is 4.74 Å². The molecule has 12 heavy (non-hydrogen) atoms. The quantitative estimate of drug-likeness (QED) is 0.348. The lowest BCUT2D eigenvalue weighted by molar-refractivity contribution is -0.141. The Labute approximate surface area is 74.6 Å². The van der Waals surface area contributed by atoms with Gasteiger partial charge in [-0.05, 0) is 25.7 Å². The number of allylic oxidation sites excluding steroid dienone is 2. The number of carbonyl (C=O) groups is 1. The van der Waals surface area contributed by atoms with Crippen molar-refractivity contribution < 1.29 is 9.53 Å². The average Bonchev–Trinajstić information content (AvgIpc) is 2.02. The van der Waals surface area contributed by atoms with Gasteiger partial charge in [0.2, 0.25) is 0 Å². The molecule has 2 nitrogen and oxygen atoms in total. The highest BCUT2D eigenvalue weighted by atomic mass is 16.5. The largest absolute Gasteiger partial charge is 0.466 e. The molecule has 2 heteroatoms. The van der Waals surface area contributed by atoms with E-state index < -0.39 is 0 Å². The number of rotatable bonds is 6. The molecule has 0 aliphatic heterocycles. The molecule has 0 atom stereocenters. The van der Waals surface area contributed by atoms with E-state index in [0.717, 1.165) is 25.7 Å². The molecule has 0 spiro atoms. The topological polar surface area (TPSA) is 26.3 Å². The lowest BCUT2D eigenvalue weighted by Crippen LogP contribution is -1.99. The van der Waals surface area contributed by atoms with Gasteiger partial charge >= 0.3 is 5.97 Å². The van der Waals surface area contributed by atoms with Crippen LogP contribution in [-0.4, -0.2) is 12.6 Å². The molecule has 0 bridgehead atoms. The van der Waals surface area contributed by atoms with Crippen LogP contribution in [-0.2, 0) is 9.53 Å². The fourth-order valence-electron chi connectivity index (χ4n) is 0.865. The molecule has 0 aliphatic carbocycles. The summed E-state index contributed by atoms with van der Waals surface area (Å²) in [7, 11) is 0. The number of esters is 1. The molecular weight excluding hydrogens is 152 g/mol. The number of hydrogen-bond donors (Lipinski definition) is 0. The van der Waals surface area contributed by atoms with Crippen LogP contribution in [0.4, 0.5) is 0 Å². The molecule has 0 saturated carbocycles. The van der Waals surface area contributed by atoms with Crippen molar-refractivity contribution in [3.8, 4) is 0 Å². The van der Waals surface area contributed by atoms with Crippen molar-refractivity contribution in [3.05, 3.63) is 12.2 Å². The van der Waals surface area contributed by atoms with E-state index in [-0.39, 0.29) is 5.97 Å². The zero-order valence-corrected chi connectivity index (χ0v) is 8.01. The van der Waals surface area contributed by atoms with Crippen LogP contribution in [0.3, 0.4) is 0 Å². The number of ether oxygens (including phenoxy) is 1. The molecule has 0 aromatic heterocycles. The van der Waals surface area contributed by atoms with Gasteiger partial charge in [-0.15, -0.1) is 0 Å². The van der Waals surface area contributed by atoms with Crippen LogP contribution in [0.2, 0.25) is 0 Å². The summed E-state index contributed by atoms with van der Waals surface area (Å²) >= 11 is 0. The molecule has 0 fully saturated rings. The lowest BCUT2D eigenvalue weighted by Gasteiger charge is -1.98. The number of unbranched alkanes of at least 4 members (excludes halogenated alkanes) is 2. The molecule has 0 aliphatic rings. The highest BCUT2D eigenvalue weighted by Crippen LogP contribution is 1.97. The SMILES string of the molecule is CCC=CCCCCOC(C)=O. The van der Waals surface area contributed by atoms with Crippen LogP contribution < -0.4 is 0 Å². The summed E-state index contributed by atoms with van der Waals surface area (Å²) in [5.74, 6) is -0.181. The van der Waals surface area contributed by atoms with Crippen LogP contribution in [0, 0.1) is 0 Å². The van der Waals surface area contributed by atoms with Gasteiger partial charge in [0.1, 0.15) is 0 Å². The normalized spacial score (nSPS) is 10.5. The van der Waals surface area contributed by atoms with E-state index in [0.29, 0.717) is 6.61 Å². The van der Waals surface area contributed by atoms with Crippen molar-refractivity contribution in [1.29, 1.82) is 0 Å². The van der Waals surface area contributed by atoms with E-state index in [1.165, 1.54) is 6.92 Å². The molecule has 0 rings (SSSR count). The van der Waals surface area contributed by atoms with Gasteiger partial charge in [-0.3, -0.25) is 4.79 Å². The number of carbonyl (C=O) groups excluding carboxylic acids is 1. The van der Waals surface area contributed by atoms with E-state index in [1.807, 2.05) is 0 Å². The van der Waals surface area contributed by atoms with Crippen LogP contribution in [0.25, 0.3) is 0 Å². The van der Waals surface area contributed by atoms with Crippen LogP contribution in [0.5, 0.6) is 0 Å². The second kappa shape index (κ2) is 8.31. The zero-order valence-electron chi connectivity index (χ0n) is 8.01. The Balaban J connectivity index is 3.00. The van der Waals surface area contributed by atoms with Crippen molar-refractivity contribution in [1.82, 2.24) is 0 Å². The molecular formula is C10H18O2. The maximum Gasteiger partial charge on any atom is 0.302 e. The van der Waals surface area contributed by atoms with Gasteiger partial charge in [-0.2, -0.15) is 0 Å². The Bertz CT molecular complexity index is 139. The molecule has 0 heterocycles. The Morgan fingerprint density at radius 2 is 2.08 bits per heavy atom. The van der Waals surface area contributed by atoms with Gasteiger partial charge in [-0.1, -0.05) is 19.1 Å². The molecule has 0 N–H and O–H groups in total. The minimum absolute atomic E-state index is 0.181. The first-order chi connectivity index (χ1) is 5.77. The monoisotopic (exact) mass is 170 g/mol. The molecule has 70 valence electrons. The summed E-state index contributed by atoms with van der Waals surface area (Å²) in [5, 5.41) is 0. The van der Waals surface area contributed by atoms with Crippen molar-refractivity contribution in [2.45, 2.75) is 39.5 Å². The van der Waals surface area contributed by atoms with Gasteiger partial charge in [0.05, 0.1) is 6.61 Å². The first-order valence-electron chi connectivity index (χ1n) is 4.55. The summed E-state index contributed by atoms with van der Waals surface area (Å²) in [6.07, 6.45) is 8.59. The smallest absolute Gasteiger partial charge is 0.302 e.